The van der Waals surface area contributed by atoms with Crippen molar-refractivity contribution in [2.24, 2.45) is 0 Å². The van der Waals surface area contributed by atoms with E-state index in [1.807, 2.05) is 19.9 Å². The Labute approximate surface area is 146 Å². The fourth-order valence-electron chi connectivity index (χ4n) is 2.33. The minimum absolute atomic E-state index is 0.433. The first-order valence-corrected chi connectivity index (χ1v) is 7.96. The SMILES string of the molecule is CCOc1ccc(C(Nc2ccc(C#N)cc2)C(=O)[O-])cc1OCC. The molecule has 0 saturated carbocycles. The van der Waals surface area contributed by atoms with Gasteiger partial charge in [0.2, 0.25) is 0 Å². The molecule has 0 amide bonds. The maximum Gasteiger partial charge on any atom is 0.161 e. The summed E-state index contributed by atoms with van der Waals surface area (Å²) < 4.78 is 11.0. The zero-order valence-corrected chi connectivity index (χ0v) is 14.1. The molecule has 0 radical (unpaired) electrons. The van der Waals surface area contributed by atoms with Crippen molar-refractivity contribution in [2.75, 3.05) is 18.5 Å². The molecule has 0 aliphatic heterocycles. The normalized spacial score (nSPS) is 11.2. The maximum absolute atomic E-state index is 11.6. The number of benzene rings is 2. The van der Waals surface area contributed by atoms with E-state index >= 15 is 0 Å². The lowest BCUT2D eigenvalue weighted by Crippen LogP contribution is -2.34. The fraction of sp³-hybridized carbons (Fsp3) is 0.263. The average molecular weight is 339 g/mol. The van der Waals surface area contributed by atoms with Gasteiger partial charge in [0.1, 0.15) is 0 Å². The minimum Gasteiger partial charge on any atom is -0.548 e. The average Bonchev–Trinajstić information content (AvgIpc) is 2.62. The summed E-state index contributed by atoms with van der Waals surface area (Å²) in [6.07, 6.45) is 0. The van der Waals surface area contributed by atoms with Gasteiger partial charge in [-0.1, -0.05) is 6.07 Å². The molecule has 0 heterocycles. The van der Waals surface area contributed by atoms with Gasteiger partial charge in [0, 0.05) is 5.69 Å². The number of carboxylic acids is 1. The van der Waals surface area contributed by atoms with Crippen LogP contribution in [0.3, 0.4) is 0 Å². The molecule has 0 saturated heterocycles. The number of ether oxygens (including phenoxy) is 2. The zero-order chi connectivity index (χ0) is 18.2. The van der Waals surface area contributed by atoms with Gasteiger partial charge in [0.25, 0.3) is 0 Å². The summed E-state index contributed by atoms with van der Waals surface area (Å²) in [4.78, 5) is 11.6. The van der Waals surface area contributed by atoms with Crippen LogP contribution in [0.25, 0.3) is 0 Å². The Kier molecular flexibility index (Phi) is 6.24. The van der Waals surface area contributed by atoms with Crippen molar-refractivity contribution in [2.45, 2.75) is 19.9 Å². The largest absolute Gasteiger partial charge is 0.548 e. The number of carbonyl (C=O) groups excluding carboxylic acids is 1. The number of anilines is 1. The molecule has 1 N–H and O–H groups in total. The van der Waals surface area contributed by atoms with Crippen LogP contribution in [-0.2, 0) is 4.79 Å². The summed E-state index contributed by atoms with van der Waals surface area (Å²) >= 11 is 0. The molecular weight excluding hydrogens is 320 g/mol. The van der Waals surface area contributed by atoms with E-state index in [2.05, 4.69) is 5.32 Å². The van der Waals surface area contributed by atoms with E-state index in [1.165, 1.54) is 0 Å². The molecule has 0 aliphatic rings. The Balaban J connectivity index is 2.31. The van der Waals surface area contributed by atoms with Gasteiger partial charge in [0.15, 0.2) is 11.5 Å². The third-order valence-corrected chi connectivity index (χ3v) is 3.46. The monoisotopic (exact) mass is 339 g/mol. The number of carboxylic acid groups (broad SMARTS) is 1. The molecule has 2 aromatic rings. The topological polar surface area (TPSA) is 94.4 Å². The third-order valence-electron chi connectivity index (χ3n) is 3.46. The van der Waals surface area contributed by atoms with E-state index in [-0.39, 0.29) is 0 Å². The second kappa shape index (κ2) is 8.60. The molecule has 0 bridgehead atoms. The number of nitrogens with one attached hydrogen (secondary N) is 1. The highest BCUT2D eigenvalue weighted by Gasteiger charge is 2.16. The molecule has 6 nitrogen and oxygen atoms in total. The molecule has 2 aromatic carbocycles. The highest BCUT2D eigenvalue weighted by atomic mass is 16.5. The lowest BCUT2D eigenvalue weighted by atomic mass is 10.1. The van der Waals surface area contributed by atoms with Crippen LogP contribution in [0.2, 0.25) is 0 Å². The molecule has 0 fully saturated rings. The van der Waals surface area contributed by atoms with Crippen LogP contribution in [0.15, 0.2) is 42.5 Å². The van der Waals surface area contributed by atoms with Crippen LogP contribution in [0.1, 0.15) is 31.0 Å². The predicted octanol–water partition coefficient (Wildman–Crippen LogP) is 2.26. The van der Waals surface area contributed by atoms with Crippen LogP contribution >= 0.6 is 0 Å². The second-order valence-corrected chi connectivity index (χ2v) is 5.16. The Morgan fingerprint density at radius 2 is 1.76 bits per heavy atom. The van der Waals surface area contributed by atoms with Gasteiger partial charge >= 0.3 is 0 Å². The van der Waals surface area contributed by atoms with Gasteiger partial charge in [-0.25, -0.2) is 0 Å². The number of hydrogen-bond acceptors (Lipinski definition) is 6. The van der Waals surface area contributed by atoms with Gasteiger partial charge in [-0.05, 0) is 55.8 Å². The Morgan fingerprint density at radius 1 is 1.12 bits per heavy atom. The lowest BCUT2D eigenvalue weighted by molar-refractivity contribution is -0.307. The van der Waals surface area contributed by atoms with E-state index < -0.39 is 12.0 Å². The molecule has 0 aliphatic carbocycles. The molecular formula is C19H19N2O4-. The smallest absolute Gasteiger partial charge is 0.161 e. The highest BCUT2D eigenvalue weighted by molar-refractivity contribution is 5.78. The number of hydrogen-bond donors (Lipinski definition) is 1. The van der Waals surface area contributed by atoms with Crippen LogP contribution in [0.5, 0.6) is 11.5 Å². The molecule has 2 rings (SSSR count). The van der Waals surface area contributed by atoms with Crippen molar-refractivity contribution in [1.29, 1.82) is 5.26 Å². The first kappa shape index (κ1) is 18.1. The second-order valence-electron chi connectivity index (χ2n) is 5.16. The van der Waals surface area contributed by atoms with Crippen LogP contribution in [0.4, 0.5) is 5.69 Å². The number of nitriles is 1. The lowest BCUT2D eigenvalue weighted by Gasteiger charge is -2.22. The van der Waals surface area contributed by atoms with Crippen LogP contribution in [0, 0.1) is 11.3 Å². The standard InChI is InChI=1S/C19H20N2O4/c1-3-24-16-10-7-14(11-17(16)25-4-2)18(19(22)23)21-15-8-5-13(12-20)6-9-15/h5-11,18,21H,3-4H2,1-2H3,(H,22,23)/p-1. The first-order chi connectivity index (χ1) is 12.1. The van der Waals surface area contributed by atoms with Crippen molar-refractivity contribution in [1.82, 2.24) is 0 Å². The number of aliphatic carboxylic acids is 1. The molecule has 6 heteroatoms. The van der Waals surface area contributed by atoms with Crippen molar-refractivity contribution in [3.05, 3.63) is 53.6 Å². The van der Waals surface area contributed by atoms with Crippen molar-refractivity contribution in [3.8, 4) is 17.6 Å². The van der Waals surface area contributed by atoms with E-state index in [0.29, 0.717) is 41.5 Å². The third kappa shape index (κ3) is 4.64. The van der Waals surface area contributed by atoms with Gasteiger partial charge in [-0.2, -0.15) is 5.26 Å². The summed E-state index contributed by atoms with van der Waals surface area (Å²) in [5, 5.41) is 23.3. The van der Waals surface area contributed by atoms with Crippen LogP contribution < -0.4 is 19.9 Å². The molecule has 0 spiro atoms. The van der Waals surface area contributed by atoms with Crippen LogP contribution in [-0.4, -0.2) is 19.2 Å². The number of rotatable bonds is 8. The summed E-state index contributed by atoms with van der Waals surface area (Å²) in [6, 6.07) is 12.4. The maximum atomic E-state index is 11.6. The van der Waals surface area contributed by atoms with Crippen molar-refractivity contribution >= 4 is 11.7 Å². The molecule has 130 valence electrons. The first-order valence-electron chi connectivity index (χ1n) is 7.96. The fourth-order valence-corrected chi connectivity index (χ4v) is 2.33. The van der Waals surface area contributed by atoms with E-state index in [1.54, 1.807) is 42.5 Å². The van der Waals surface area contributed by atoms with E-state index in [0.717, 1.165) is 0 Å². The van der Waals surface area contributed by atoms with Gasteiger partial charge in [-0.3, -0.25) is 0 Å². The highest BCUT2D eigenvalue weighted by Crippen LogP contribution is 2.31. The van der Waals surface area contributed by atoms with Gasteiger partial charge in [-0.15, -0.1) is 0 Å². The summed E-state index contributed by atoms with van der Waals surface area (Å²) in [5.41, 5.74) is 1.55. The molecule has 0 aromatic heterocycles. The van der Waals surface area contributed by atoms with E-state index in [9.17, 15) is 9.90 Å². The van der Waals surface area contributed by atoms with Crippen molar-refractivity contribution in [3.63, 3.8) is 0 Å². The zero-order valence-electron chi connectivity index (χ0n) is 14.1. The predicted molar refractivity (Wildman–Crippen MR) is 91.3 cm³/mol. The Bertz CT molecular complexity index is 766. The minimum atomic E-state index is -1.27. The Morgan fingerprint density at radius 3 is 2.32 bits per heavy atom. The summed E-state index contributed by atoms with van der Waals surface area (Å²) in [5.74, 6) is -0.228. The summed E-state index contributed by atoms with van der Waals surface area (Å²) in [6.45, 7) is 4.61. The Hall–Kier alpha value is -3.20. The molecule has 25 heavy (non-hydrogen) atoms. The summed E-state index contributed by atoms with van der Waals surface area (Å²) in [7, 11) is 0. The van der Waals surface area contributed by atoms with Gasteiger partial charge in [0.05, 0.1) is 36.9 Å². The van der Waals surface area contributed by atoms with E-state index in [4.69, 9.17) is 14.7 Å². The quantitative estimate of drug-likeness (QED) is 0.793. The molecule has 1 atom stereocenters. The molecule has 1 unspecified atom stereocenters. The number of carbonyl (C=O) groups is 1. The number of nitrogens with zero attached hydrogens (tertiary/aromatic N) is 1. The van der Waals surface area contributed by atoms with Gasteiger partial charge < -0.3 is 24.7 Å². The van der Waals surface area contributed by atoms with Crippen molar-refractivity contribution < 1.29 is 19.4 Å².